The number of thiophene rings is 1. The number of hydrogen-bond donors (Lipinski definition) is 1. The van der Waals surface area contributed by atoms with Crippen molar-refractivity contribution >= 4 is 33.0 Å². The average molecular weight is 395 g/mol. The van der Waals surface area contributed by atoms with Gasteiger partial charge >= 0.3 is 0 Å². The van der Waals surface area contributed by atoms with Crippen LogP contribution >= 0.6 is 22.9 Å². The number of aromatic nitrogens is 1. The fourth-order valence-corrected chi connectivity index (χ4v) is 4.63. The first-order valence-electron chi connectivity index (χ1n) is 7.40. The molecule has 3 aromatic rings. The van der Waals surface area contributed by atoms with E-state index in [1.807, 2.05) is 30.3 Å². The Morgan fingerprint density at radius 1 is 1.08 bits per heavy atom. The smallest absolute Gasteiger partial charge is 0.250 e. The maximum absolute atomic E-state index is 12.3. The molecule has 0 aliphatic heterocycles. The molecule has 0 fully saturated rings. The quantitative estimate of drug-likeness (QED) is 0.660. The van der Waals surface area contributed by atoms with Gasteiger partial charge in [-0.05, 0) is 23.8 Å². The van der Waals surface area contributed by atoms with E-state index < -0.39 is 10.0 Å². The molecule has 25 heavy (non-hydrogen) atoms. The molecule has 0 saturated heterocycles. The Kier molecular flexibility index (Phi) is 5.70. The first-order chi connectivity index (χ1) is 12.0. The van der Waals surface area contributed by atoms with Crippen molar-refractivity contribution < 1.29 is 13.2 Å². The van der Waals surface area contributed by atoms with E-state index >= 15 is 0 Å². The van der Waals surface area contributed by atoms with Gasteiger partial charge in [0.15, 0.2) is 0 Å². The largest absolute Gasteiger partial charge is 0.473 e. The van der Waals surface area contributed by atoms with E-state index in [-0.39, 0.29) is 10.8 Å². The van der Waals surface area contributed by atoms with E-state index in [2.05, 4.69) is 9.71 Å². The molecule has 8 heteroatoms. The van der Waals surface area contributed by atoms with Gasteiger partial charge in [0.25, 0.3) is 0 Å². The van der Waals surface area contributed by atoms with Crippen LogP contribution in [0.25, 0.3) is 0 Å². The molecule has 0 saturated carbocycles. The zero-order valence-electron chi connectivity index (χ0n) is 13.1. The number of hydrogen-bond acceptors (Lipinski definition) is 5. The number of ether oxygens (including phenoxy) is 1. The van der Waals surface area contributed by atoms with Crippen LogP contribution in [0.15, 0.2) is 65.0 Å². The second-order valence-electron chi connectivity index (χ2n) is 5.13. The molecule has 0 aliphatic carbocycles. The highest BCUT2D eigenvalue weighted by Gasteiger charge is 2.17. The number of benzene rings is 1. The van der Waals surface area contributed by atoms with Gasteiger partial charge in [-0.25, -0.2) is 18.1 Å². The summed E-state index contributed by atoms with van der Waals surface area (Å²) in [6.07, 6.45) is 1.61. The third-order valence-corrected chi connectivity index (χ3v) is 6.46. The topological polar surface area (TPSA) is 68.3 Å². The third-order valence-electron chi connectivity index (χ3n) is 3.33. The van der Waals surface area contributed by atoms with Gasteiger partial charge in [-0.15, -0.1) is 11.3 Å². The summed E-state index contributed by atoms with van der Waals surface area (Å²) in [6, 6.07) is 16.2. The summed E-state index contributed by atoms with van der Waals surface area (Å²) >= 11 is 6.81. The van der Waals surface area contributed by atoms with Crippen LogP contribution < -0.4 is 9.46 Å². The summed E-state index contributed by atoms with van der Waals surface area (Å²) in [5.41, 5.74) is 1.66. The lowest BCUT2D eigenvalue weighted by Crippen LogP contribution is -2.22. The lowest BCUT2D eigenvalue weighted by Gasteiger charge is -2.11. The molecule has 0 amide bonds. The van der Waals surface area contributed by atoms with Crippen molar-refractivity contribution in [2.75, 3.05) is 0 Å². The number of nitrogens with zero attached hydrogens (tertiary/aromatic N) is 1. The first-order valence-corrected chi connectivity index (χ1v) is 10.1. The minimum Gasteiger partial charge on any atom is -0.473 e. The summed E-state index contributed by atoms with van der Waals surface area (Å²) in [4.78, 5) is 4.20. The van der Waals surface area contributed by atoms with E-state index in [4.69, 9.17) is 16.3 Å². The summed E-state index contributed by atoms with van der Waals surface area (Å²) in [6.45, 7) is 0.438. The predicted molar refractivity (Wildman–Crippen MR) is 98.4 cm³/mol. The molecular weight excluding hydrogens is 380 g/mol. The zero-order valence-corrected chi connectivity index (χ0v) is 15.4. The molecule has 130 valence electrons. The van der Waals surface area contributed by atoms with Gasteiger partial charge in [0.2, 0.25) is 15.9 Å². The van der Waals surface area contributed by atoms with Crippen LogP contribution in [-0.4, -0.2) is 13.4 Å². The van der Waals surface area contributed by atoms with E-state index in [1.165, 1.54) is 6.07 Å². The molecule has 0 radical (unpaired) electrons. The van der Waals surface area contributed by atoms with Crippen LogP contribution in [0.3, 0.4) is 0 Å². The van der Waals surface area contributed by atoms with Crippen molar-refractivity contribution in [3.8, 4) is 5.88 Å². The van der Waals surface area contributed by atoms with Crippen molar-refractivity contribution in [1.29, 1.82) is 0 Å². The summed E-state index contributed by atoms with van der Waals surface area (Å²) in [5.74, 6) is 0.401. The molecule has 0 aliphatic rings. The van der Waals surface area contributed by atoms with Gasteiger partial charge < -0.3 is 4.74 Å². The van der Waals surface area contributed by atoms with Gasteiger partial charge in [-0.3, -0.25) is 0 Å². The standard InChI is InChI=1S/C17H15ClN2O3S2/c18-15-8-9-16(24-15)25(21,22)20-11-14-7-4-10-19-17(14)23-12-13-5-2-1-3-6-13/h1-10,20H,11-12H2. The van der Waals surface area contributed by atoms with E-state index in [0.717, 1.165) is 16.9 Å². The molecular formula is C17H15ClN2O3S2. The van der Waals surface area contributed by atoms with Gasteiger partial charge in [0.05, 0.1) is 4.34 Å². The Balaban J connectivity index is 1.68. The van der Waals surface area contributed by atoms with Crippen LogP contribution in [0.1, 0.15) is 11.1 Å². The van der Waals surface area contributed by atoms with E-state index in [9.17, 15) is 8.42 Å². The predicted octanol–water partition coefficient (Wildman–Crippen LogP) is 3.85. The molecule has 0 unspecified atom stereocenters. The molecule has 0 spiro atoms. The Morgan fingerprint density at radius 2 is 1.88 bits per heavy atom. The van der Waals surface area contributed by atoms with Crippen molar-refractivity contribution in [3.63, 3.8) is 0 Å². The lowest BCUT2D eigenvalue weighted by molar-refractivity contribution is 0.290. The number of sulfonamides is 1. The Labute approximate surface area is 155 Å². The van der Waals surface area contributed by atoms with Crippen LogP contribution in [-0.2, 0) is 23.2 Å². The van der Waals surface area contributed by atoms with Gasteiger partial charge in [-0.1, -0.05) is 48.0 Å². The molecule has 2 aromatic heterocycles. The second kappa shape index (κ2) is 7.97. The molecule has 0 bridgehead atoms. The number of nitrogens with one attached hydrogen (secondary N) is 1. The Morgan fingerprint density at radius 3 is 2.60 bits per heavy atom. The van der Waals surface area contributed by atoms with Gasteiger partial charge in [-0.2, -0.15) is 0 Å². The highest BCUT2D eigenvalue weighted by Crippen LogP contribution is 2.26. The molecule has 1 aromatic carbocycles. The zero-order chi connectivity index (χ0) is 17.7. The minimum absolute atomic E-state index is 0.0792. The summed E-state index contributed by atoms with van der Waals surface area (Å²) < 4.78 is 33.5. The van der Waals surface area contributed by atoms with Gasteiger partial charge in [0, 0.05) is 18.3 Å². The molecule has 1 N–H and O–H groups in total. The molecule has 3 rings (SSSR count). The molecule has 0 atom stereocenters. The SMILES string of the molecule is O=S(=O)(NCc1cccnc1OCc1ccccc1)c1ccc(Cl)s1. The fourth-order valence-electron chi connectivity index (χ4n) is 2.10. The van der Waals surface area contributed by atoms with Crippen LogP contribution in [0.5, 0.6) is 5.88 Å². The molecule has 2 heterocycles. The number of halogens is 1. The average Bonchev–Trinajstić information content (AvgIpc) is 3.07. The normalized spacial score (nSPS) is 11.4. The van der Waals surface area contributed by atoms with Crippen molar-refractivity contribution in [3.05, 3.63) is 76.3 Å². The summed E-state index contributed by atoms with van der Waals surface area (Å²) in [5, 5.41) is 0. The van der Waals surface area contributed by atoms with Crippen LogP contribution in [0.2, 0.25) is 4.34 Å². The van der Waals surface area contributed by atoms with Crippen molar-refractivity contribution in [2.24, 2.45) is 0 Å². The van der Waals surface area contributed by atoms with Crippen LogP contribution in [0, 0.1) is 0 Å². The number of rotatable bonds is 7. The van der Waals surface area contributed by atoms with E-state index in [0.29, 0.717) is 22.4 Å². The lowest BCUT2D eigenvalue weighted by atomic mass is 10.2. The van der Waals surface area contributed by atoms with Crippen molar-refractivity contribution in [2.45, 2.75) is 17.4 Å². The molecule has 5 nitrogen and oxygen atoms in total. The maximum Gasteiger partial charge on any atom is 0.250 e. The Bertz CT molecular complexity index is 943. The fraction of sp³-hybridized carbons (Fsp3) is 0.118. The van der Waals surface area contributed by atoms with E-state index in [1.54, 1.807) is 24.4 Å². The summed E-state index contributed by atoms with van der Waals surface area (Å²) in [7, 11) is -3.62. The minimum atomic E-state index is -3.62. The highest BCUT2D eigenvalue weighted by atomic mass is 35.5. The monoisotopic (exact) mass is 394 g/mol. The maximum atomic E-state index is 12.3. The second-order valence-corrected chi connectivity index (χ2v) is 8.83. The van der Waals surface area contributed by atoms with Crippen molar-refractivity contribution in [1.82, 2.24) is 9.71 Å². The van der Waals surface area contributed by atoms with Gasteiger partial charge in [0.1, 0.15) is 10.8 Å². The van der Waals surface area contributed by atoms with Crippen LogP contribution in [0.4, 0.5) is 0 Å². The Hall–Kier alpha value is -1.93. The highest BCUT2D eigenvalue weighted by molar-refractivity contribution is 7.91. The number of pyridine rings is 1. The third kappa shape index (κ3) is 4.79. The first kappa shape index (κ1) is 17.9.